The van der Waals surface area contributed by atoms with Gasteiger partial charge in [-0.05, 0) is 37.3 Å². The van der Waals surface area contributed by atoms with Crippen molar-refractivity contribution in [1.82, 2.24) is 0 Å². The summed E-state index contributed by atoms with van der Waals surface area (Å²) >= 11 is 1.32. The van der Waals surface area contributed by atoms with E-state index in [1.54, 1.807) is 6.07 Å². The number of carbonyl (C=O) groups is 3. The molecule has 0 radical (unpaired) electrons. The maximum absolute atomic E-state index is 13.3. The van der Waals surface area contributed by atoms with E-state index in [1.807, 2.05) is 13.0 Å². The summed E-state index contributed by atoms with van der Waals surface area (Å²) in [4.78, 5) is 38.5. The topological polar surface area (TPSA) is 54.5 Å². The fourth-order valence-electron chi connectivity index (χ4n) is 2.23. The first-order valence-electron chi connectivity index (χ1n) is 6.23. The van der Waals surface area contributed by atoms with Crippen molar-refractivity contribution >= 4 is 34.5 Å². The molecule has 106 valence electrons. The number of halogens is 1. The fraction of sp³-hybridized carbons (Fsp3) is 0.133. The highest BCUT2D eigenvalue weighted by atomic mass is 32.1. The van der Waals surface area contributed by atoms with Crippen LogP contribution in [0, 0.1) is 12.7 Å². The first kappa shape index (κ1) is 13.6. The van der Waals surface area contributed by atoms with E-state index in [1.165, 1.54) is 17.4 Å². The fourth-order valence-corrected chi connectivity index (χ4v) is 3.03. The summed E-state index contributed by atoms with van der Waals surface area (Å²) in [6, 6.07) is 6.98. The van der Waals surface area contributed by atoms with E-state index in [9.17, 15) is 18.8 Å². The number of amides is 1. The van der Waals surface area contributed by atoms with E-state index in [0.29, 0.717) is 4.88 Å². The molecular formula is C15H10FNO3S. The summed E-state index contributed by atoms with van der Waals surface area (Å²) in [6.45, 7) is 1.61. The average molecular weight is 303 g/mol. The summed E-state index contributed by atoms with van der Waals surface area (Å²) in [6.07, 6.45) is 0. The van der Waals surface area contributed by atoms with Crippen molar-refractivity contribution in [3.8, 4) is 0 Å². The lowest BCUT2D eigenvalue weighted by Crippen LogP contribution is -2.34. The van der Waals surface area contributed by atoms with E-state index in [0.717, 1.165) is 21.9 Å². The number of carbonyl (C=O) groups excluding carboxylic acids is 3. The van der Waals surface area contributed by atoms with Crippen LogP contribution >= 0.6 is 11.3 Å². The molecule has 0 bridgehead atoms. The van der Waals surface area contributed by atoms with Gasteiger partial charge >= 0.3 is 0 Å². The van der Waals surface area contributed by atoms with Crippen molar-refractivity contribution in [2.24, 2.45) is 0 Å². The molecule has 1 aliphatic rings. The molecule has 1 amide bonds. The minimum absolute atomic E-state index is 0.136. The Morgan fingerprint density at radius 2 is 2.00 bits per heavy atom. The molecule has 1 aromatic heterocycles. The Labute approximate surface area is 123 Å². The number of anilines is 1. The zero-order valence-corrected chi connectivity index (χ0v) is 11.9. The van der Waals surface area contributed by atoms with Gasteiger partial charge in [-0.3, -0.25) is 19.3 Å². The van der Waals surface area contributed by atoms with Gasteiger partial charge in [-0.15, -0.1) is 11.3 Å². The molecule has 0 saturated carbocycles. The third-order valence-electron chi connectivity index (χ3n) is 3.25. The average Bonchev–Trinajstić information content (AvgIpc) is 2.97. The van der Waals surface area contributed by atoms with Crippen LogP contribution in [0.3, 0.4) is 0 Å². The number of aryl methyl sites for hydroxylation is 1. The normalized spacial score (nSPS) is 13.7. The third-order valence-corrected chi connectivity index (χ3v) is 4.29. The first-order valence-corrected chi connectivity index (χ1v) is 7.04. The number of nitrogens with zero attached hydrogens (tertiary/aromatic N) is 1. The molecular weight excluding hydrogens is 293 g/mol. The summed E-state index contributed by atoms with van der Waals surface area (Å²) < 4.78 is 13.3. The van der Waals surface area contributed by atoms with Gasteiger partial charge in [0.15, 0.2) is 5.78 Å². The predicted molar refractivity (Wildman–Crippen MR) is 76.5 cm³/mol. The van der Waals surface area contributed by atoms with Gasteiger partial charge in [0.2, 0.25) is 0 Å². The van der Waals surface area contributed by atoms with Crippen molar-refractivity contribution in [3.05, 3.63) is 51.5 Å². The minimum Gasteiger partial charge on any atom is -0.297 e. The Bertz CT molecular complexity index is 781. The number of hydrogen-bond donors (Lipinski definition) is 0. The lowest BCUT2D eigenvalue weighted by atomic mass is 10.1. The maximum Gasteiger partial charge on any atom is 0.299 e. The number of hydrogen-bond acceptors (Lipinski definition) is 4. The van der Waals surface area contributed by atoms with E-state index in [-0.39, 0.29) is 23.6 Å². The van der Waals surface area contributed by atoms with Gasteiger partial charge < -0.3 is 0 Å². The first-order chi connectivity index (χ1) is 9.97. The van der Waals surface area contributed by atoms with Crippen LogP contribution in [0.5, 0.6) is 0 Å². The van der Waals surface area contributed by atoms with Crippen LogP contribution in [-0.4, -0.2) is 24.0 Å². The number of benzene rings is 1. The molecule has 0 fully saturated rings. The third kappa shape index (κ3) is 2.27. The molecule has 0 spiro atoms. The van der Waals surface area contributed by atoms with E-state index < -0.39 is 17.5 Å². The molecule has 2 aromatic rings. The van der Waals surface area contributed by atoms with Crippen LogP contribution in [0.15, 0.2) is 30.3 Å². The van der Waals surface area contributed by atoms with Crippen molar-refractivity contribution in [3.63, 3.8) is 0 Å². The molecule has 0 atom stereocenters. The molecule has 0 saturated heterocycles. The molecule has 2 heterocycles. The van der Waals surface area contributed by atoms with Gasteiger partial charge in [0.05, 0.1) is 22.7 Å². The van der Waals surface area contributed by atoms with Gasteiger partial charge in [-0.2, -0.15) is 0 Å². The highest BCUT2D eigenvalue weighted by Gasteiger charge is 2.37. The van der Waals surface area contributed by atoms with Gasteiger partial charge in [-0.25, -0.2) is 4.39 Å². The molecule has 1 aromatic carbocycles. The highest BCUT2D eigenvalue weighted by molar-refractivity contribution is 7.14. The second kappa shape index (κ2) is 4.89. The zero-order valence-electron chi connectivity index (χ0n) is 11.1. The Kier molecular flexibility index (Phi) is 3.17. The Balaban J connectivity index is 1.93. The molecule has 0 unspecified atom stereocenters. The minimum atomic E-state index is -0.794. The van der Waals surface area contributed by atoms with Crippen molar-refractivity contribution in [1.29, 1.82) is 0 Å². The van der Waals surface area contributed by atoms with Crippen molar-refractivity contribution < 1.29 is 18.8 Å². The van der Waals surface area contributed by atoms with Crippen LogP contribution < -0.4 is 4.90 Å². The number of Topliss-reactive ketones (excluding diaryl/α,β-unsaturated/α-hetero) is 2. The van der Waals surface area contributed by atoms with Gasteiger partial charge in [0, 0.05) is 4.88 Å². The Morgan fingerprint density at radius 1 is 1.24 bits per heavy atom. The molecule has 0 aliphatic carbocycles. The molecule has 6 heteroatoms. The SMILES string of the molecule is Cc1ccc(C(=O)CN2C(=O)C(=O)c3ccc(F)cc32)s1. The summed E-state index contributed by atoms with van der Waals surface area (Å²) in [7, 11) is 0. The van der Waals surface area contributed by atoms with Gasteiger partial charge in [0.1, 0.15) is 5.82 Å². The van der Waals surface area contributed by atoms with Crippen LogP contribution in [0.4, 0.5) is 10.1 Å². The van der Waals surface area contributed by atoms with E-state index >= 15 is 0 Å². The van der Waals surface area contributed by atoms with Gasteiger partial charge in [-0.1, -0.05) is 0 Å². The lowest BCUT2D eigenvalue weighted by Gasteiger charge is -2.14. The number of fused-ring (bicyclic) bond motifs is 1. The van der Waals surface area contributed by atoms with E-state index in [2.05, 4.69) is 0 Å². The number of ketones is 2. The predicted octanol–water partition coefficient (Wildman–Crippen LogP) is 2.61. The van der Waals surface area contributed by atoms with Crippen LogP contribution in [0.1, 0.15) is 24.9 Å². The molecule has 3 rings (SSSR count). The van der Waals surface area contributed by atoms with Crippen molar-refractivity contribution in [2.75, 3.05) is 11.4 Å². The quantitative estimate of drug-likeness (QED) is 0.647. The van der Waals surface area contributed by atoms with Crippen molar-refractivity contribution in [2.45, 2.75) is 6.92 Å². The monoisotopic (exact) mass is 303 g/mol. The number of rotatable bonds is 3. The second-order valence-electron chi connectivity index (χ2n) is 4.72. The highest BCUT2D eigenvalue weighted by Crippen LogP contribution is 2.30. The van der Waals surface area contributed by atoms with Gasteiger partial charge in [0.25, 0.3) is 11.7 Å². The Hall–Kier alpha value is -2.34. The van der Waals surface area contributed by atoms with E-state index in [4.69, 9.17) is 0 Å². The maximum atomic E-state index is 13.3. The van der Waals surface area contributed by atoms with Crippen LogP contribution in [-0.2, 0) is 4.79 Å². The smallest absolute Gasteiger partial charge is 0.297 e. The molecule has 0 N–H and O–H groups in total. The summed E-state index contributed by atoms with van der Waals surface area (Å²) in [5.41, 5.74) is 0.295. The molecule has 21 heavy (non-hydrogen) atoms. The zero-order chi connectivity index (χ0) is 15.1. The second-order valence-corrected chi connectivity index (χ2v) is 6.00. The van der Waals surface area contributed by atoms with Crippen LogP contribution in [0.25, 0.3) is 0 Å². The summed E-state index contributed by atoms with van der Waals surface area (Å²) in [5.74, 6) is -2.33. The largest absolute Gasteiger partial charge is 0.299 e. The molecule has 1 aliphatic heterocycles. The molecule has 4 nitrogen and oxygen atoms in total. The Morgan fingerprint density at radius 3 is 2.67 bits per heavy atom. The lowest BCUT2D eigenvalue weighted by molar-refractivity contribution is -0.114. The summed E-state index contributed by atoms with van der Waals surface area (Å²) in [5, 5.41) is 0. The van der Waals surface area contributed by atoms with Crippen LogP contribution in [0.2, 0.25) is 0 Å². The number of thiophene rings is 1. The standard InChI is InChI=1S/C15H10FNO3S/c1-8-2-5-13(21-8)12(18)7-17-11-6-9(16)3-4-10(11)14(19)15(17)20/h2-6H,7H2,1H3.